The van der Waals surface area contributed by atoms with Gasteiger partial charge < -0.3 is 14.8 Å². The Bertz CT molecular complexity index is 1180. The first kappa shape index (κ1) is 28.1. The van der Waals surface area contributed by atoms with Gasteiger partial charge in [-0.3, -0.25) is 14.6 Å². The van der Waals surface area contributed by atoms with Crippen molar-refractivity contribution in [3.8, 4) is 5.75 Å². The number of hydrogen-bond acceptors (Lipinski definition) is 6. The second-order valence-corrected chi connectivity index (χ2v) is 9.99. The summed E-state index contributed by atoms with van der Waals surface area (Å²) in [6, 6.07) is 10.9. The predicted molar refractivity (Wildman–Crippen MR) is 145 cm³/mol. The van der Waals surface area contributed by atoms with Crippen LogP contribution >= 0.6 is 11.6 Å². The number of hydrazine groups is 1. The lowest BCUT2D eigenvalue weighted by molar-refractivity contribution is -0.148. The smallest absolute Gasteiger partial charge is 0.266 e. The number of ketones is 1. The summed E-state index contributed by atoms with van der Waals surface area (Å²) in [5.74, 6) is -0.941. The van der Waals surface area contributed by atoms with Crippen LogP contribution < -0.4 is 10.1 Å². The fourth-order valence-corrected chi connectivity index (χ4v) is 5.19. The molecule has 1 amide bonds. The van der Waals surface area contributed by atoms with Crippen LogP contribution in [0.3, 0.4) is 0 Å². The highest BCUT2D eigenvalue weighted by atomic mass is 35.5. The molecule has 204 valence electrons. The molecular formula is C29H35ClFN3O4. The van der Waals surface area contributed by atoms with E-state index in [1.54, 1.807) is 36.2 Å². The summed E-state index contributed by atoms with van der Waals surface area (Å²) in [5, 5.41) is 7.32. The van der Waals surface area contributed by atoms with Gasteiger partial charge in [-0.2, -0.15) is 0 Å². The molecule has 38 heavy (non-hydrogen) atoms. The molecule has 7 nitrogen and oxygen atoms in total. The summed E-state index contributed by atoms with van der Waals surface area (Å²) >= 11 is 6.28. The average Bonchev–Trinajstić information content (AvgIpc) is 2.91. The number of Topliss-reactive ketones (excluding diaryl/α,β-unsaturated/α-hetero) is 1. The van der Waals surface area contributed by atoms with Crippen LogP contribution in [-0.2, 0) is 9.53 Å². The molecule has 0 radical (unpaired) electrons. The van der Waals surface area contributed by atoms with E-state index in [0.29, 0.717) is 47.8 Å². The van der Waals surface area contributed by atoms with E-state index < -0.39 is 18.0 Å². The van der Waals surface area contributed by atoms with Crippen molar-refractivity contribution < 1.29 is 23.5 Å². The average molecular weight is 544 g/mol. The first-order valence-electron chi connectivity index (χ1n) is 13.2. The third kappa shape index (κ3) is 6.54. The van der Waals surface area contributed by atoms with Crippen LogP contribution in [0.4, 0.5) is 10.1 Å². The standard InChI is InChI=1S/C29H35ClFN3O4/c1-4-37-20(3)38-23-11-8-21(9-12-23)28(35)19(2)27-26(32-25-13-10-22(31)18-24(25)30)14-17-34(29(27)36)33-15-6-5-7-16-33/h8-13,18-20,32H,4-7,14-17H2,1-3H3. The van der Waals surface area contributed by atoms with Gasteiger partial charge in [-0.05, 0) is 69.2 Å². The fourth-order valence-electron chi connectivity index (χ4n) is 4.98. The molecule has 2 unspecified atom stereocenters. The van der Waals surface area contributed by atoms with E-state index in [4.69, 9.17) is 21.1 Å². The van der Waals surface area contributed by atoms with Gasteiger partial charge in [-0.25, -0.2) is 9.40 Å². The van der Waals surface area contributed by atoms with Gasteiger partial charge in [0.15, 0.2) is 12.1 Å². The quantitative estimate of drug-likeness (QED) is 0.290. The van der Waals surface area contributed by atoms with Crippen LogP contribution in [0.2, 0.25) is 5.02 Å². The van der Waals surface area contributed by atoms with Gasteiger partial charge in [0, 0.05) is 49.5 Å². The van der Waals surface area contributed by atoms with Gasteiger partial charge in [0.25, 0.3) is 5.91 Å². The molecule has 0 aromatic heterocycles. The van der Waals surface area contributed by atoms with Gasteiger partial charge in [0.2, 0.25) is 0 Å². The van der Waals surface area contributed by atoms with Gasteiger partial charge >= 0.3 is 0 Å². The maximum atomic E-state index is 13.9. The molecule has 1 N–H and O–H groups in total. The van der Waals surface area contributed by atoms with E-state index in [-0.39, 0.29) is 16.7 Å². The van der Waals surface area contributed by atoms with Crippen LogP contribution in [0.1, 0.15) is 56.8 Å². The van der Waals surface area contributed by atoms with Crippen molar-refractivity contribution in [3.63, 3.8) is 0 Å². The molecule has 0 saturated carbocycles. The zero-order valence-corrected chi connectivity index (χ0v) is 22.9. The lowest BCUT2D eigenvalue weighted by Gasteiger charge is -2.41. The van der Waals surface area contributed by atoms with E-state index in [1.165, 1.54) is 18.2 Å². The molecule has 0 spiro atoms. The number of hydrogen-bond donors (Lipinski definition) is 1. The summed E-state index contributed by atoms with van der Waals surface area (Å²) in [6.07, 6.45) is 3.33. The molecule has 2 aliphatic rings. The Morgan fingerprint density at radius 1 is 1.08 bits per heavy atom. The minimum Gasteiger partial charge on any atom is -0.465 e. The van der Waals surface area contributed by atoms with E-state index >= 15 is 0 Å². The van der Waals surface area contributed by atoms with Crippen molar-refractivity contribution in [2.24, 2.45) is 5.92 Å². The fraction of sp³-hybridized carbons (Fsp3) is 0.448. The van der Waals surface area contributed by atoms with Crippen LogP contribution in [0.25, 0.3) is 0 Å². The minimum atomic E-state index is -0.717. The van der Waals surface area contributed by atoms with Gasteiger partial charge in [-0.15, -0.1) is 0 Å². The third-order valence-corrected chi connectivity index (χ3v) is 7.24. The Morgan fingerprint density at radius 2 is 1.79 bits per heavy atom. The van der Waals surface area contributed by atoms with Crippen molar-refractivity contribution in [3.05, 3.63) is 70.1 Å². The maximum absolute atomic E-state index is 13.9. The lowest BCUT2D eigenvalue weighted by Crippen LogP contribution is -2.53. The molecule has 2 aromatic rings. The van der Waals surface area contributed by atoms with E-state index in [1.807, 2.05) is 13.8 Å². The number of benzene rings is 2. The Labute approximate surface area is 228 Å². The number of nitrogens with one attached hydrogen (secondary N) is 1. The highest BCUT2D eigenvalue weighted by molar-refractivity contribution is 6.33. The summed E-state index contributed by atoms with van der Waals surface area (Å²) < 4.78 is 24.7. The molecule has 2 heterocycles. The van der Waals surface area contributed by atoms with E-state index in [2.05, 4.69) is 10.3 Å². The highest BCUT2D eigenvalue weighted by Crippen LogP contribution is 2.33. The first-order chi connectivity index (χ1) is 18.3. The molecule has 4 rings (SSSR count). The number of ether oxygens (including phenoxy) is 2. The molecule has 0 bridgehead atoms. The zero-order chi connectivity index (χ0) is 27.2. The molecule has 9 heteroatoms. The monoisotopic (exact) mass is 543 g/mol. The molecular weight excluding hydrogens is 509 g/mol. The predicted octanol–water partition coefficient (Wildman–Crippen LogP) is 6.06. The Morgan fingerprint density at radius 3 is 2.45 bits per heavy atom. The topological polar surface area (TPSA) is 71.1 Å². The second-order valence-electron chi connectivity index (χ2n) is 9.59. The molecule has 1 saturated heterocycles. The summed E-state index contributed by atoms with van der Waals surface area (Å²) in [5.41, 5.74) is 1.99. The van der Waals surface area contributed by atoms with Gasteiger partial charge in [0.05, 0.1) is 16.6 Å². The zero-order valence-electron chi connectivity index (χ0n) is 22.1. The maximum Gasteiger partial charge on any atom is 0.266 e. The summed E-state index contributed by atoms with van der Waals surface area (Å²) in [6.45, 7) is 8.11. The molecule has 2 aromatic carbocycles. The lowest BCUT2D eigenvalue weighted by atomic mass is 9.87. The molecule has 2 aliphatic heterocycles. The van der Waals surface area contributed by atoms with E-state index in [9.17, 15) is 14.0 Å². The van der Waals surface area contributed by atoms with Crippen LogP contribution in [0.5, 0.6) is 5.75 Å². The van der Waals surface area contributed by atoms with Crippen molar-refractivity contribution in [2.45, 2.75) is 52.7 Å². The molecule has 1 fully saturated rings. The number of halogens is 2. The first-order valence-corrected chi connectivity index (χ1v) is 13.6. The summed E-state index contributed by atoms with van der Waals surface area (Å²) in [7, 11) is 0. The number of nitrogens with zero attached hydrogens (tertiary/aromatic N) is 2. The van der Waals surface area contributed by atoms with E-state index in [0.717, 1.165) is 32.4 Å². The van der Waals surface area contributed by atoms with Gasteiger partial charge in [0.1, 0.15) is 11.6 Å². The van der Waals surface area contributed by atoms with Crippen molar-refractivity contribution in [2.75, 3.05) is 31.6 Å². The Kier molecular flexibility index (Phi) is 9.41. The minimum absolute atomic E-state index is 0.178. The van der Waals surface area contributed by atoms with Crippen LogP contribution in [0.15, 0.2) is 53.7 Å². The number of carbonyl (C=O) groups excluding carboxylic acids is 2. The van der Waals surface area contributed by atoms with Crippen LogP contribution in [-0.4, -0.2) is 54.2 Å². The molecule has 0 aliphatic carbocycles. The van der Waals surface area contributed by atoms with Crippen molar-refractivity contribution >= 4 is 29.0 Å². The van der Waals surface area contributed by atoms with Crippen LogP contribution in [0, 0.1) is 11.7 Å². The normalized spacial score (nSPS) is 18.3. The highest BCUT2D eigenvalue weighted by Gasteiger charge is 2.37. The second kappa shape index (κ2) is 12.7. The van der Waals surface area contributed by atoms with Crippen molar-refractivity contribution in [1.29, 1.82) is 0 Å². The largest absolute Gasteiger partial charge is 0.465 e. The number of anilines is 1. The summed E-state index contributed by atoms with van der Waals surface area (Å²) in [4.78, 5) is 27.5. The third-order valence-electron chi connectivity index (χ3n) is 6.92. The van der Waals surface area contributed by atoms with Crippen molar-refractivity contribution in [1.82, 2.24) is 10.0 Å². The number of rotatable bonds is 10. The Hall–Kier alpha value is -2.94. The number of amides is 1. The number of piperidine rings is 1. The van der Waals surface area contributed by atoms with Gasteiger partial charge in [-0.1, -0.05) is 24.9 Å². The molecule has 2 atom stereocenters. The SMILES string of the molecule is CCOC(C)Oc1ccc(C(=O)C(C)C2=C(Nc3ccc(F)cc3Cl)CCN(N3CCCCC3)C2=O)cc1. The Balaban J connectivity index is 1.62. The number of carbonyl (C=O) groups is 2.